The first-order valence-electron chi connectivity index (χ1n) is 39.8. The largest absolute Gasteiger partial charge is 0.392 e. The lowest BCUT2D eigenvalue weighted by Crippen LogP contribution is -2.42. The van der Waals surface area contributed by atoms with Crippen LogP contribution in [0.3, 0.4) is 0 Å². The van der Waals surface area contributed by atoms with Crippen LogP contribution in [0.1, 0.15) is 196 Å². The average Bonchev–Trinajstić information content (AvgIpc) is 0.931. The third-order valence-electron chi connectivity index (χ3n) is 20.5. The summed E-state index contributed by atoms with van der Waals surface area (Å²) in [4.78, 5) is 29.9. The van der Waals surface area contributed by atoms with Gasteiger partial charge in [0.25, 0.3) is 0 Å². The number of nitrogens with zero attached hydrogens (tertiary/aromatic N) is 5. The van der Waals surface area contributed by atoms with Crippen molar-refractivity contribution in [3.8, 4) is 0 Å². The number of hydrogen-bond acceptors (Lipinski definition) is 20. The number of amides is 1. The zero-order valence-electron chi connectivity index (χ0n) is 64.1. The van der Waals surface area contributed by atoms with Gasteiger partial charge in [0.15, 0.2) is 5.82 Å². The molecule has 5 aromatic rings. The Kier molecular flexibility index (Phi) is 42.6. The molecule has 1 aromatic heterocycles. The van der Waals surface area contributed by atoms with Crippen LogP contribution >= 0.6 is 0 Å². The molecule has 22 heteroatoms. The van der Waals surface area contributed by atoms with Crippen LogP contribution in [-0.2, 0) is 41.6 Å². The molecule has 1 amide bonds. The fourth-order valence-corrected chi connectivity index (χ4v) is 14.7. The summed E-state index contributed by atoms with van der Waals surface area (Å²) in [7, 11) is 3.51. The lowest BCUT2D eigenvalue weighted by atomic mass is 9.84. The van der Waals surface area contributed by atoms with Gasteiger partial charge in [0.2, 0.25) is 5.91 Å². The normalized spacial score (nSPS) is 25.2. The molecule has 9 aliphatic heterocycles. The maximum atomic E-state index is 12.9. The number of carbonyl (C=O) groups excluding carboxylic acids is 2. The van der Waals surface area contributed by atoms with Crippen molar-refractivity contribution in [1.29, 1.82) is 0 Å². The highest BCUT2D eigenvalue weighted by molar-refractivity contribution is 5.85. The summed E-state index contributed by atoms with van der Waals surface area (Å²) in [5, 5.41) is 61.0. The van der Waals surface area contributed by atoms with Crippen molar-refractivity contribution in [3.63, 3.8) is 0 Å². The molecule has 22 nitrogen and oxygen atoms in total. The van der Waals surface area contributed by atoms with Crippen molar-refractivity contribution in [2.45, 2.75) is 241 Å². The van der Waals surface area contributed by atoms with Gasteiger partial charge in [-0.3, -0.25) is 9.59 Å². The van der Waals surface area contributed by atoms with Crippen LogP contribution in [0, 0.1) is 0 Å². The smallest absolute Gasteiger partial charge is 0.240 e. The van der Waals surface area contributed by atoms with E-state index >= 15 is 0 Å². The van der Waals surface area contributed by atoms with Gasteiger partial charge in [-0.15, -0.1) is 10.2 Å². The Labute approximate surface area is 624 Å². The molecule has 0 saturated carbocycles. The summed E-state index contributed by atoms with van der Waals surface area (Å²) in [6.07, 6.45) is 21.7. The van der Waals surface area contributed by atoms with E-state index in [1.165, 1.54) is 136 Å². The van der Waals surface area contributed by atoms with Crippen LogP contribution in [0.5, 0.6) is 0 Å². The van der Waals surface area contributed by atoms with E-state index in [1.807, 2.05) is 133 Å². The van der Waals surface area contributed by atoms with Gasteiger partial charge in [-0.25, -0.2) is 0 Å². The van der Waals surface area contributed by atoms with E-state index in [2.05, 4.69) is 88.8 Å². The summed E-state index contributed by atoms with van der Waals surface area (Å²) < 4.78 is 20.7. The zero-order valence-corrected chi connectivity index (χ0v) is 64.1. The van der Waals surface area contributed by atoms with Gasteiger partial charge in [0.05, 0.1) is 62.9 Å². The van der Waals surface area contributed by atoms with Crippen LogP contribution in [-0.4, -0.2) is 226 Å². The second-order valence-corrected chi connectivity index (χ2v) is 29.3. The number of hydrogen-bond donors (Lipinski definition) is 11. The molecule has 9 fully saturated rings. The number of aliphatic hydroxyl groups excluding tert-OH is 2. The van der Waals surface area contributed by atoms with E-state index in [4.69, 9.17) is 18.9 Å². The van der Waals surface area contributed by atoms with Gasteiger partial charge in [-0.05, 0) is 211 Å². The monoisotopic (exact) mass is 1440 g/mol. The minimum absolute atomic E-state index is 0.0502. The van der Waals surface area contributed by atoms with E-state index in [-0.39, 0.29) is 29.7 Å². The number of Topliss-reactive ketones (excluding diaryl/α,β-unsaturated/α-hetero) is 1. The molecule has 9 saturated heterocycles. The molecule has 4 aromatic carbocycles. The standard InChI is InChI=1S/C20H23NO2.C19H22N2O2.C9H18N2.2C8H17NO.C7H15NO.C6H13NO.C5H9N5/c22-19(18-12-7-13-21-18)14-17(15-8-3-1-4-9-15)20(23)16-10-5-2-6-11-16;22-17-11-18(20-12-17)19(23)21(13-15-7-3-1-4-8-15)14-16-9-5-2-6-10-16;1-2-7-11(6-1)8-9-4-3-5-10-9;1-7(2)10-6-8-4-3-5-9-8;1-3-7-4-5-8(9-7)6-10-2;1-2-9-6-7-4-3-5-8-7;1-8-5-6-3-2-4-7-6;1-2-4(6-3-1)5-7-9-10-8-5/h1-6,8-11,17-18,20-21,23H,7,12-14H2;1-10,17-18,20,22H,11-14H2;9-10H,1-8H2;2*7-9H,3-6H2,1-2H3;7-8H,2-6H2,1H3;6-7H,2-5H2,1H3;4,6H,1-3H2,(H,7,8,9,10)/t17-,18-,20-;17-,18+;9-;8-;7-,8+;7-;6-;4-/m10110111/s1. The van der Waals surface area contributed by atoms with Crippen LogP contribution < -0.4 is 42.5 Å². The second kappa shape index (κ2) is 51.7. The Balaban J connectivity index is 0.000000172. The lowest BCUT2D eigenvalue weighted by molar-refractivity contribution is -0.134. The number of likely N-dealkylation sites (tertiary alicyclic amines) is 1. The maximum absolute atomic E-state index is 12.9. The average molecular weight is 1440 g/mol. The Morgan fingerprint density at radius 1 is 0.558 bits per heavy atom. The fraction of sp³-hybridized carbons (Fsp3) is 0.671. The minimum Gasteiger partial charge on any atom is -0.392 e. The van der Waals surface area contributed by atoms with Gasteiger partial charge in [0, 0.05) is 95.6 Å². The van der Waals surface area contributed by atoms with Crippen molar-refractivity contribution in [2.24, 2.45) is 0 Å². The Morgan fingerprint density at radius 3 is 1.54 bits per heavy atom. The van der Waals surface area contributed by atoms with E-state index in [0.29, 0.717) is 68.8 Å². The number of aliphatic hydroxyl groups is 2. The molecular weight excluding hydrogens is 1310 g/mol. The zero-order chi connectivity index (χ0) is 73.6. The number of H-pyrrole nitrogens is 1. The number of β-amino-alcohol motifs (C(OH)–C–C–N with tert-alkyl or cyclic N) is 1. The van der Waals surface area contributed by atoms with Crippen molar-refractivity contribution < 1.29 is 38.7 Å². The minimum atomic E-state index is -0.677. The molecule has 0 radical (unpaired) electrons. The predicted octanol–water partition coefficient (Wildman–Crippen LogP) is 9.10. The van der Waals surface area contributed by atoms with Crippen LogP contribution in [0.2, 0.25) is 0 Å². The van der Waals surface area contributed by atoms with Gasteiger partial charge < -0.3 is 81.5 Å². The van der Waals surface area contributed by atoms with Crippen molar-refractivity contribution >= 4 is 11.7 Å². The fourth-order valence-electron chi connectivity index (χ4n) is 14.7. The van der Waals surface area contributed by atoms with Gasteiger partial charge >= 0.3 is 0 Å². The molecule has 12 atom stereocenters. The predicted molar refractivity (Wildman–Crippen MR) is 416 cm³/mol. The molecular formula is C82H134N14O8. The number of tetrazole rings is 1. The maximum Gasteiger partial charge on any atom is 0.240 e. The number of rotatable bonds is 25. The molecule has 0 bridgehead atoms. The highest BCUT2D eigenvalue weighted by Crippen LogP contribution is 2.35. The number of ketones is 1. The summed E-state index contributed by atoms with van der Waals surface area (Å²) in [6, 6.07) is 43.5. The number of nitrogens with one attached hydrogen (secondary N) is 9. The summed E-state index contributed by atoms with van der Waals surface area (Å²) in [5.74, 6) is 0.826. The second-order valence-electron chi connectivity index (χ2n) is 29.3. The van der Waals surface area contributed by atoms with Gasteiger partial charge in [-0.2, -0.15) is 5.21 Å². The molecule has 0 aliphatic carbocycles. The quantitative estimate of drug-likeness (QED) is 0.0260. The van der Waals surface area contributed by atoms with Crippen LogP contribution in [0.25, 0.3) is 0 Å². The van der Waals surface area contributed by atoms with E-state index in [9.17, 15) is 19.8 Å². The number of ether oxygens (including phenoxy) is 4. The molecule has 0 unspecified atom stereocenters. The Bertz CT molecular complexity index is 2840. The number of aromatic nitrogens is 4. The summed E-state index contributed by atoms with van der Waals surface area (Å²) in [5.41, 5.74) is 4.08. The number of benzene rings is 4. The van der Waals surface area contributed by atoms with Crippen molar-refractivity contribution in [2.75, 3.05) is 113 Å². The highest BCUT2D eigenvalue weighted by atomic mass is 16.5. The summed E-state index contributed by atoms with van der Waals surface area (Å²) in [6.45, 7) is 25.2. The Hall–Kier alpha value is -5.51. The van der Waals surface area contributed by atoms with Crippen molar-refractivity contribution in [3.05, 3.63) is 149 Å². The molecule has 10 heterocycles. The molecule has 104 heavy (non-hydrogen) atoms. The van der Waals surface area contributed by atoms with Gasteiger partial charge in [0.1, 0.15) is 5.78 Å². The topological polar surface area (TPSA) is 269 Å². The summed E-state index contributed by atoms with van der Waals surface area (Å²) >= 11 is 0. The molecule has 9 aliphatic rings. The van der Waals surface area contributed by atoms with Crippen LogP contribution in [0.15, 0.2) is 121 Å². The van der Waals surface area contributed by atoms with Crippen molar-refractivity contribution in [1.82, 2.24) is 73.0 Å². The van der Waals surface area contributed by atoms with E-state index in [1.54, 1.807) is 14.2 Å². The Morgan fingerprint density at radius 2 is 1.07 bits per heavy atom. The number of methoxy groups -OCH3 is 2. The number of carbonyl (C=O) groups is 2. The molecule has 14 rings (SSSR count). The SMILES string of the molecule is C1CN[C@@H](CN2CCCC2)C1.C1CN[C@@H](c2nn[nH]n2)C1.CC(C)OC[C@H]1CCCN1.CCOC[C@H]1CCCN1.CC[C@H]1CC[C@H](COC)N1.COC[C@H]1CCCN1.O=C(C[C@H](c1ccccc1)[C@H](O)c1ccccc1)[C@H]1CCCN1.O=C([C@H]1C[C@H](O)CN1)N(Cc1ccccc1)Cc1ccccc1. The first kappa shape index (κ1) is 85.7. The van der Waals surface area contributed by atoms with E-state index < -0.39 is 12.2 Å². The lowest BCUT2D eigenvalue weighted by Gasteiger charge is -2.26. The van der Waals surface area contributed by atoms with Gasteiger partial charge in [-0.1, -0.05) is 133 Å². The van der Waals surface area contributed by atoms with Crippen LogP contribution in [0.4, 0.5) is 0 Å². The highest BCUT2D eigenvalue weighted by Gasteiger charge is 2.33. The third kappa shape index (κ3) is 33.7. The third-order valence-corrected chi connectivity index (χ3v) is 20.5. The molecule has 580 valence electrons. The first-order chi connectivity index (χ1) is 50.9. The van der Waals surface area contributed by atoms with E-state index in [0.717, 1.165) is 106 Å². The number of aromatic amines is 1. The molecule has 0 spiro atoms. The first-order valence-corrected chi connectivity index (χ1v) is 39.8. The molecule has 11 N–H and O–H groups in total.